The quantitative estimate of drug-likeness (QED) is 0.913. The van der Waals surface area contributed by atoms with E-state index in [2.05, 4.69) is 20.9 Å². The molecular weight excluding hydrogens is 309 g/mol. The van der Waals surface area contributed by atoms with Crippen LogP contribution >= 0.6 is 15.9 Å². The van der Waals surface area contributed by atoms with E-state index < -0.39 is 6.10 Å². The van der Waals surface area contributed by atoms with Crippen LogP contribution in [0.1, 0.15) is 17.5 Å². The van der Waals surface area contributed by atoms with Crippen LogP contribution in [0.5, 0.6) is 0 Å². The predicted octanol–water partition coefficient (Wildman–Crippen LogP) is 3.52. The summed E-state index contributed by atoms with van der Waals surface area (Å²) in [5.74, 6) is -0.294. The molecule has 1 heterocycles. The molecule has 1 atom stereocenters. The van der Waals surface area contributed by atoms with E-state index in [1.807, 2.05) is 18.2 Å². The van der Waals surface area contributed by atoms with Gasteiger partial charge in [-0.3, -0.25) is 4.98 Å². The minimum absolute atomic E-state index is 0.294. The molecule has 1 aromatic heterocycles. The maximum absolute atomic E-state index is 13.3. The van der Waals surface area contributed by atoms with E-state index in [1.165, 1.54) is 6.07 Å². The standard InChI is InChI=1S/C15H15BrFNO/c16-15-12(4-1-5-14(15)17)9-13(19)7-6-11-3-2-8-18-10-11/h1-5,8,10,13,19H,6-7,9H2. The number of aryl methyl sites for hydroxylation is 1. The summed E-state index contributed by atoms with van der Waals surface area (Å²) in [4.78, 5) is 4.03. The Morgan fingerprint density at radius 3 is 2.84 bits per heavy atom. The first-order chi connectivity index (χ1) is 9.16. The highest BCUT2D eigenvalue weighted by molar-refractivity contribution is 9.10. The van der Waals surface area contributed by atoms with E-state index in [9.17, 15) is 9.50 Å². The van der Waals surface area contributed by atoms with Crippen molar-refractivity contribution in [3.63, 3.8) is 0 Å². The van der Waals surface area contributed by atoms with Crippen molar-refractivity contribution in [3.05, 3.63) is 64.1 Å². The van der Waals surface area contributed by atoms with Crippen LogP contribution < -0.4 is 0 Å². The summed E-state index contributed by atoms with van der Waals surface area (Å²) in [6, 6.07) is 8.74. The molecule has 1 aromatic carbocycles. The SMILES string of the molecule is OC(CCc1cccnc1)Cc1cccc(F)c1Br. The third-order valence-corrected chi connectivity index (χ3v) is 3.86. The Bertz CT molecular complexity index is 533. The Hall–Kier alpha value is -1.26. The van der Waals surface area contributed by atoms with Gasteiger partial charge in [0.25, 0.3) is 0 Å². The van der Waals surface area contributed by atoms with Crippen molar-refractivity contribution >= 4 is 15.9 Å². The first kappa shape index (κ1) is 14.2. The summed E-state index contributed by atoms with van der Waals surface area (Å²) in [7, 11) is 0. The fourth-order valence-electron chi connectivity index (χ4n) is 1.94. The van der Waals surface area contributed by atoms with Crippen LogP contribution in [0.2, 0.25) is 0 Å². The zero-order valence-electron chi connectivity index (χ0n) is 10.4. The van der Waals surface area contributed by atoms with Gasteiger partial charge in [0, 0.05) is 12.4 Å². The first-order valence-corrected chi connectivity index (χ1v) is 6.96. The van der Waals surface area contributed by atoms with E-state index in [1.54, 1.807) is 18.5 Å². The van der Waals surface area contributed by atoms with E-state index >= 15 is 0 Å². The number of aliphatic hydroxyl groups is 1. The smallest absolute Gasteiger partial charge is 0.137 e. The number of hydrogen-bond acceptors (Lipinski definition) is 2. The summed E-state index contributed by atoms with van der Waals surface area (Å²) in [6.45, 7) is 0. The van der Waals surface area contributed by atoms with Crippen molar-refractivity contribution in [2.75, 3.05) is 0 Å². The summed E-state index contributed by atoms with van der Waals surface area (Å²) in [5.41, 5.74) is 1.89. The number of nitrogens with zero attached hydrogens (tertiary/aromatic N) is 1. The third kappa shape index (κ3) is 4.11. The van der Waals surface area contributed by atoms with Gasteiger partial charge in [-0.25, -0.2) is 4.39 Å². The van der Waals surface area contributed by atoms with Gasteiger partial charge in [-0.15, -0.1) is 0 Å². The first-order valence-electron chi connectivity index (χ1n) is 6.16. The molecule has 0 fully saturated rings. The molecule has 0 aliphatic carbocycles. The number of aliphatic hydroxyl groups excluding tert-OH is 1. The molecule has 2 nitrogen and oxygen atoms in total. The maximum Gasteiger partial charge on any atom is 0.137 e. The van der Waals surface area contributed by atoms with Crippen molar-refractivity contribution in [3.8, 4) is 0 Å². The fourth-order valence-corrected chi connectivity index (χ4v) is 2.37. The van der Waals surface area contributed by atoms with Crippen molar-refractivity contribution in [1.82, 2.24) is 4.98 Å². The van der Waals surface area contributed by atoms with Crippen molar-refractivity contribution in [2.24, 2.45) is 0 Å². The van der Waals surface area contributed by atoms with E-state index in [0.717, 1.165) is 17.5 Å². The van der Waals surface area contributed by atoms with Crippen LogP contribution in [0.4, 0.5) is 4.39 Å². The Labute approximate surface area is 120 Å². The summed E-state index contributed by atoms with van der Waals surface area (Å²) in [5, 5.41) is 10.0. The molecule has 0 spiro atoms. The number of pyridine rings is 1. The second-order valence-corrected chi connectivity index (χ2v) is 5.26. The van der Waals surface area contributed by atoms with Crippen molar-refractivity contribution < 1.29 is 9.50 Å². The van der Waals surface area contributed by atoms with Gasteiger partial charge >= 0.3 is 0 Å². The van der Waals surface area contributed by atoms with Gasteiger partial charge in [-0.2, -0.15) is 0 Å². The lowest BCUT2D eigenvalue weighted by Gasteiger charge is -2.12. The van der Waals surface area contributed by atoms with Crippen LogP contribution in [-0.2, 0) is 12.8 Å². The maximum atomic E-state index is 13.3. The van der Waals surface area contributed by atoms with Gasteiger partial charge in [0.1, 0.15) is 5.82 Å². The van der Waals surface area contributed by atoms with Crippen LogP contribution in [0.15, 0.2) is 47.2 Å². The van der Waals surface area contributed by atoms with Gasteiger partial charge in [0.05, 0.1) is 10.6 Å². The summed E-state index contributed by atoms with van der Waals surface area (Å²) >= 11 is 3.21. The van der Waals surface area contributed by atoms with Crippen molar-refractivity contribution in [2.45, 2.75) is 25.4 Å². The topological polar surface area (TPSA) is 33.1 Å². The molecule has 0 saturated carbocycles. The predicted molar refractivity (Wildman–Crippen MR) is 76.4 cm³/mol. The van der Waals surface area contributed by atoms with Crippen LogP contribution in [0, 0.1) is 5.82 Å². The second kappa shape index (κ2) is 6.78. The molecule has 100 valence electrons. The number of halogens is 2. The highest BCUT2D eigenvalue weighted by Crippen LogP contribution is 2.22. The Morgan fingerprint density at radius 1 is 1.26 bits per heavy atom. The summed E-state index contributed by atoms with van der Waals surface area (Å²) in [6.07, 6.45) is 4.88. The largest absolute Gasteiger partial charge is 0.393 e. The molecule has 0 saturated heterocycles. The number of rotatable bonds is 5. The highest BCUT2D eigenvalue weighted by atomic mass is 79.9. The number of hydrogen-bond donors (Lipinski definition) is 1. The van der Waals surface area contributed by atoms with Gasteiger partial charge in [-0.1, -0.05) is 18.2 Å². The monoisotopic (exact) mass is 323 g/mol. The second-order valence-electron chi connectivity index (χ2n) is 4.47. The minimum atomic E-state index is -0.488. The van der Waals surface area contributed by atoms with E-state index in [0.29, 0.717) is 17.3 Å². The Morgan fingerprint density at radius 2 is 2.11 bits per heavy atom. The van der Waals surface area contributed by atoms with Crippen molar-refractivity contribution in [1.29, 1.82) is 0 Å². The highest BCUT2D eigenvalue weighted by Gasteiger charge is 2.11. The molecule has 2 rings (SSSR count). The average Bonchev–Trinajstić information content (AvgIpc) is 2.43. The summed E-state index contributed by atoms with van der Waals surface area (Å²) < 4.78 is 13.8. The molecule has 2 aromatic rings. The molecule has 19 heavy (non-hydrogen) atoms. The van der Waals surface area contributed by atoms with Crippen LogP contribution in [-0.4, -0.2) is 16.2 Å². The minimum Gasteiger partial charge on any atom is -0.393 e. The zero-order chi connectivity index (χ0) is 13.7. The molecule has 1 unspecified atom stereocenters. The van der Waals surface area contributed by atoms with Gasteiger partial charge in [0.15, 0.2) is 0 Å². The third-order valence-electron chi connectivity index (χ3n) is 2.98. The Kier molecular flexibility index (Phi) is 5.05. The Balaban J connectivity index is 1.91. The van der Waals surface area contributed by atoms with E-state index in [4.69, 9.17) is 0 Å². The molecule has 0 amide bonds. The van der Waals surface area contributed by atoms with Gasteiger partial charge in [0.2, 0.25) is 0 Å². The lowest BCUT2D eigenvalue weighted by molar-refractivity contribution is 0.165. The lowest BCUT2D eigenvalue weighted by Crippen LogP contribution is -2.12. The van der Waals surface area contributed by atoms with Crippen LogP contribution in [0.25, 0.3) is 0 Å². The fraction of sp³-hybridized carbons (Fsp3) is 0.267. The molecule has 0 aliphatic rings. The molecule has 0 radical (unpaired) electrons. The van der Waals surface area contributed by atoms with Crippen LogP contribution in [0.3, 0.4) is 0 Å². The normalized spacial score (nSPS) is 12.4. The number of aromatic nitrogens is 1. The molecule has 0 bridgehead atoms. The van der Waals surface area contributed by atoms with Gasteiger partial charge in [-0.05, 0) is 58.5 Å². The number of benzene rings is 1. The molecular formula is C15H15BrFNO. The lowest BCUT2D eigenvalue weighted by atomic mass is 10.0. The zero-order valence-corrected chi connectivity index (χ0v) is 12.0. The molecule has 4 heteroatoms. The molecule has 0 aliphatic heterocycles. The molecule has 1 N–H and O–H groups in total. The average molecular weight is 324 g/mol. The van der Waals surface area contributed by atoms with Gasteiger partial charge < -0.3 is 5.11 Å². The van der Waals surface area contributed by atoms with E-state index in [-0.39, 0.29) is 5.82 Å².